The van der Waals surface area contributed by atoms with E-state index in [1.807, 2.05) is 0 Å². The summed E-state index contributed by atoms with van der Waals surface area (Å²) < 4.78 is 10.3. The Morgan fingerprint density at radius 1 is 1.26 bits per heavy atom. The van der Waals surface area contributed by atoms with Gasteiger partial charge >= 0.3 is 0 Å². The van der Waals surface area contributed by atoms with Gasteiger partial charge in [0, 0.05) is 32.2 Å². The predicted octanol–water partition coefficient (Wildman–Crippen LogP) is 2.04. The lowest BCUT2D eigenvalue weighted by Gasteiger charge is -2.08. The highest BCUT2D eigenvalue weighted by Crippen LogP contribution is 2.26. The van der Waals surface area contributed by atoms with Crippen LogP contribution in [0.2, 0.25) is 0 Å². The largest absolute Gasteiger partial charge is 0.491 e. The number of ether oxygens (including phenoxy) is 2. The Morgan fingerprint density at radius 3 is 2.78 bits per heavy atom. The average molecular weight is 318 g/mol. The van der Waals surface area contributed by atoms with E-state index in [4.69, 9.17) is 9.47 Å². The molecule has 1 N–H and O–H groups in total. The SMILES string of the molecule is CNc1cc(Cc2ccc(OCCOC)cc2[N+](=O)[O-])ncn1. The molecule has 1 aromatic heterocycles. The van der Waals surface area contributed by atoms with E-state index >= 15 is 0 Å². The maximum Gasteiger partial charge on any atom is 0.276 e. The summed E-state index contributed by atoms with van der Waals surface area (Å²) in [5, 5.41) is 14.2. The lowest BCUT2D eigenvalue weighted by molar-refractivity contribution is -0.385. The first-order valence-corrected chi connectivity index (χ1v) is 7.01. The van der Waals surface area contributed by atoms with Crippen LogP contribution in [0.3, 0.4) is 0 Å². The Kier molecular flexibility index (Phi) is 5.81. The van der Waals surface area contributed by atoms with E-state index < -0.39 is 4.92 Å². The molecule has 0 amide bonds. The highest BCUT2D eigenvalue weighted by molar-refractivity contribution is 5.48. The van der Waals surface area contributed by atoms with Gasteiger partial charge in [-0.05, 0) is 12.1 Å². The Bertz CT molecular complexity index is 678. The number of benzene rings is 1. The normalized spacial score (nSPS) is 10.3. The number of methoxy groups -OCH3 is 1. The van der Waals surface area contributed by atoms with E-state index in [2.05, 4.69) is 15.3 Å². The van der Waals surface area contributed by atoms with Crippen LogP contribution in [0, 0.1) is 10.1 Å². The quantitative estimate of drug-likeness (QED) is 0.451. The third kappa shape index (κ3) is 4.62. The van der Waals surface area contributed by atoms with Crippen LogP contribution in [0.4, 0.5) is 11.5 Å². The topological polar surface area (TPSA) is 99.4 Å². The molecule has 0 aliphatic heterocycles. The number of rotatable bonds is 8. The van der Waals surface area contributed by atoms with Crippen LogP contribution in [0.1, 0.15) is 11.3 Å². The van der Waals surface area contributed by atoms with Crippen molar-refractivity contribution in [3.8, 4) is 5.75 Å². The van der Waals surface area contributed by atoms with Crippen LogP contribution in [0.25, 0.3) is 0 Å². The van der Waals surface area contributed by atoms with E-state index in [1.165, 1.54) is 12.4 Å². The average Bonchev–Trinajstić information content (AvgIpc) is 2.56. The lowest BCUT2D eigenvalue weighted by Crippen LogP contribution is -2.05. The molecule has 0 radical (unpaired) electrons. The lowest BCUT2D eigenvalue weighted by atomic mass is 10.1. The van der Waals surface area contributed by atoms with E-state index in [9.17, 15) is 10.1 Å². The summed E-state index contributed by atoms with van der Waals surface area (Å²) in [7, 11) is 3.32. The van der Waals surface area contributed by atoms with Crippen molar-refractivity contribution in [3.05, 3.63) is 52.0 Å². The number of aromatic nitrogens is 2. The zero-order valence-electron chi connectivity index (χ0n) is 13.0. The number of nitrogens with one attached hydrogen (secondary N) is 1. The molecule has 0 aliphatic rings. The second-order valence-electron chi connectivity index (χ2n) is 4.71. The first-order chi connectivity index (χ1) is 11.1. The molecular weight excluding hydrogens is 300 g/mol. The fourth-order valence-corrected chi connectivity index (χ4v) is 2.02. The minimum atomic E-state index is -0.418. The zero-order chi connectivity index (χ0) is 16.7. The predicted molar refractivity (Wildman–Crippen MR) is 84.9 cm³/mol. The van der Waals surface area contributed by atoms with E-state index in [-0.39, 0.29) is 5.69 Å². The van der Waals surface area contributed by atoms with E-state index in [1.54, 1.807) is 32.4 Å². The molecule has 1 aromatic carbocycles. The summed E-state index contributed by atoms with van der Waals surface area (Å²) >= 11 is 0. The highest BCUT2D eigenvalue weighted by atomic mass is 16.6. The first kappa shape index (κ1) is 16.6. The number of nitro groups is 1. The Morgan fingerprint density at radius 2 is 2.09 bits per heavy atom. The molecule has 23 heavy (non-hydrogen) atoms. The third-order valence-electron chi connectivity index (χ3n) is 3.16. The molecule has 8 nitrogen and oxygen atoms in total. The van der Waals surface area contributed by atoms with Crippen molar-refractivity contribution in [1.82, 2.24) is 9.97 Å². The smallest absolute Gasteiger partial charge is 0.276 e. The van der Waals surface area contributed by atoms with Gasteiger partial charge in [0.1, 0.15) is 24.5 Å². The van der Waals surface area contributed by atoms with Gasteiger partial charge in [-0.2, -0.15) is 0 Å². The number of hydrogen-bond acceptors (Lipinski definition) is 7. The molecule has 0 unspecified atom stereocenters. The molecular formula is C15H18N4O4. The minimum absolute atomic E-state index is 0.00420. The van der Waals surface area contributed by atoms with E-state index in [0.717, 1.165) is 0 Å². The van der Waals surface area contributed by atoms with Gasteiger partial charge in [0.05, 0.1) is 23.3 Å². The summed E-state index contributed by atoms with van der Waals surface area (Å²) in [6.45, 7) is 0.758. The fourth-order valence-electron chi connectivity index (χ4n) is 2.02. The fraction of sp³-hybridized carbons (Fsp3) is 0.333. The molecule has 0 saturated carbocycles. The molecule has 1 heterocycles. The molecule has 0 spiro atoms. The summed E-state index contributed by atoms with van der Waals surface area (Å²) in [6.07, 6.45) is 1.76. The monoisotopic (exact) mass is 318 g/mol. The van der Waals surface area contributed by atoms with Crippen LogP contribution in [-0.2, 0) is 11.2 Å². The summed E-state index contributed by atoms with van der Waals surface area (Å²) in [4.78, 5) is 19.0. The molecule has 0 fully saturated rings. The Hall–Kier alpha value is -2.74. The van der Waals surface area contributed by atoms with Gasteiger partial charge in [0.15, 0.2) is 0 Å². The van der Waals surface area contributed by atoms with Gasteiger partial charge in [-0.3, -0.25) is 10.1 Å². The summed E-state index contributed by atoms with van der Waals surface area (Å²) in [6, 6.07) is 6.57. The summed E-state index contributed by atoms with van der Waals surface area (Å²) in [5.74, 6) is 1.10. The molecule has 0 atom stereocenters. The van der Waals surface area contributed by atoms with Crippen molar-refractivity contribution in [2.75, 3.05) is 32.7 Å². The number of nitrogens with zero attached hydrogens (tertiary/aromatic N) is 3. The van der Waals surface area contributed by atoms with Crippen LogP contribution in [0.5, 0.6) is 5.75 Å². The number of hydrogen-bond donors (Lipinski definition) is 1. The van der Waals surface area contributed by atoms with Crippen LogP contribution >= 0.6 is 0 Å². The van der Waals surface area contributed by atoms with Crippen molar-refractivity contribution in [1.29, 1.82) is 0 Å². The van der Waals surface area contributed by atoms with Gasteiger partial charge in [-0.15, -0.1) is 0 Å². The highest BCUT2D eigenvalue weighted by Gasteiger charge is 2.16. The van der Waals surface area contributed by atoms with Gasteiger partial charge < -0.3 is 14.8 Å². The van der Waals surface area contributed by atoms with Crippen LogP contribution in [-0.4, -0.2) is 42.3 Å². The van der Waals surface area contributed by atoms with Crippen molar-refractivity contribution in [3.63, 3.8) is 0 Å². The number of anilines is 1. The molecule has 8 heteroatoms. The van der Waals surface area contributed by atoms with Gasteiger partial charge in [0.25, 0.3) is 5.69 Å². The summed E-state index contributed by atoms with van der Waals surface area (Å²) in [5.41, 5.74) is 1.26. The second kappa shape index (κ2) is 8.04. The van der Waals surface area contributed by atoms with E-state index in [0.29, 0.717) is 42.5 Å². The molecule has 0 aliphatic carbocycles. The first-order valence-electron chi connectivity index (χ1n) is 7.01. The van der Waals surface area contributed by atoms with Gasteiger partial charge in [-0.1, -0.05) is 0 Å². The molecule has 122 valence electrons. The molecule has 2 rings (SSSR count). The zero-order valence-corrected chi connectivity index (χ0v) is 13.0. The van der Waals surface area contributed by atoms with Crippen LogP contribution in [0.15, 0.2) is 30.6 Å². The second-order valence-corrected chi connectivity index (χ2v) is 4.71. The maximum atomic E-state index is 11.3. The van der Waals surface area contributed by atoms with Crippen molar-refractivity contribution < 1.29 is 14.4 Å². The number of nitro benzene ring substituents is 1. The Balaban J connectivity index is 2.21. The Labute approximate surface area is 133 Å². The maximum absolute atomic E-state index is 11.3. The van der Waals surface area contributed by atoms with Crippen LogP contribution < -0.4 is 10.1 Å². The van der Waals surface area contributed by atoms with Gasteiger partial charge in [-0.25, -0.2) is 9.97 Å². The molecule has 2 aromatic rings. The standard InChI is InChI=1S/C15H18N4O4/c1-16-15-8-12(17-10-18-15)7-11-3-4-13(23-6-5-22-2)9-14(11)19(20)21/h3-4,8-10H,5-7H2,1-2H3,(H,16,17,18). The third-order valence-corrected chi connectivity index (χ3v) is 3.16. The van der Waals surface area contributed by atoms with Crippen molar-refractivity contribution in [2.45, 2.75) is 6.42 Å². The molecule has 0 saturated heterocycles. The van der Waals surface area contributed by atoms with Gasteiger partial charge in [0.2, 0.25) is 0 Å². The minimum Gasteiger partial charge on any atom is -0.491 e. The molecule has 0 bridgehead atoms. The van der Waals surface area contributed by atoms with Crippen molar-refractivity contribution >= 4 is 11.5 Å². The van der Waals surface area contributed by atoms with Crippen molar-refractivity contribution in [2.24, 2.45) is 0 Å².